The molecule has 0 radical (unpaired) electrons. The topological polar surface area (TPSA) is 77.2 Å². The number of carboxylic acids is 1. The van der Waals surface area contributed by atoms with E-state index in [1.54, 1.807) is 13.2 Å². The third kappa shape index (κ3) is 3.96. The number of hydrogen-bond donors (Lipinski definition) is 1. The summed E-state index contributed by atoms with van der Waals surface area (Å²) in [5, 5.41) is 18.1. The fraction of sp³-hybridized carbons (Fsp3) is 0.308. The van der Waals surface area contributed by atoms with E-state index in [0.29, 0.717) is 29.2 Å². The van der Waals surface area contributed by atoms with Crippen LogP contribution in [0.4, 0.5) is 0 Å². The lowest BCUT2D eigenvalue weighted by Crippen LogP contribution is -2.09. The largest absolute Gasteiger partial charge is 0.481 e. The van der Waals surface area contributed by atoms with E-state index < -0.39 is 5.97 Å². The number of halogens is 1. The average Bonchev–Trinajstić information content (AvgIpc) is 2.86. The van der Waals surface area contributed by atoms with Crippen LogP contribution in [-0.4, -0.2) is 45.3 Å². The van der Waals surface area contributed by atoms with Crippen LogP contribution in [0.15, 0.2) is 29.4 Å². The van der Waals surface area contributed by atoms with Crippen molar-refractivity contribution in [1.29, 1.82) is 0 Å². The van der Waals surface area contributed by atoms with Gasteiger partial charge in [-0.15, -0.1) is 10.2 Å². The van der Waals surface area contributed by atoms with Gasteiger partial charge in [0, 0.05) is 12.7 Å². The first-order chi connectivity index (χ1) is 10.1. The van der Waals surface area contributed by atoms with Crippen molar-refractivity contribution in [3.05, 3.63) is 29.3 Å². The minimum Gasteiger partial charge on any atom is -0.481 e. The van der Waals surface area contributed by atoms with Gasteiger partial charge in [-0.25, -0.2) is 0 Å². The van der Waals surface area contributed by atoms with Crippen molar-refractivity contribution in [3.63, 3.8) is 0 Å². The average molecular weight is 328 g/mol. The van der Waals surface area contributed by atoms with Gasteiger partial charge in [0.05, 0.1) is 23.9 Å². The van der Waals surface area contributed by atoms with Gasteiger partial charge < -0.3 is 9.84 Å². The monoisotopic (exact) mass is 327 g/mol. The van der Waals surface area contributed by atoms with E-state index in [9.17, 15) is 4.79 Å². The highest BCUT2D eigenvalue weighted by molar-refractivity contribution is 7.99. The number of hydrogen-bond acceptors (Lipinski definition) is 5. The second-order valence-corrected chi connectivity index (χ2v) is 5.46. The normalized spacial score (nSPS) is 10.8. The molecule has 2 rings (SSSR count). The SMILES string of the molecule is COCCn1c(SCC(=O)O)nnc1-c1ccccc1Cl. The van der Waals surface area contributed by atoms with Crippen molar-refractivity contribution < 1.29 is 14.6 Å². The third-order valence-corrected chi connectivity index (χ3v) is 3.96. The molecule has 1 N–H and O–H groups in total. The summed E-state index contributed by atoms with van der Waals surface area (Å²) in [7, 11) is 1.60. The lowest BCUT2D eigenvalue weighted by atomic mass is 10.2. The second-order valence-electron chi connectivity index (χ2n) is 4.11. The number of carbonyl (C=O) groups is 1. The van der Waals surface area contributed by atoms with Gasteiger partial charge in [-0.1, -0.05) is 35.5 Å². The minimum atomic E-state index is -0.902. The van der Waals surface area contributed by atoms with Crippen LogP contribution in [0, 0.1) is 0 Å². The summed E-state index contributed by atoms with van der Waals surface area (Å²) in [5.41, 5.74) is 0.755. The number of rotatable bonds is 7. The maximum Gasteiger partial charge on any atom is 0.313 e. The molecule has 0 saturated heterocycles. The molecule has 0 bridgehead atoms. The Morgan fingerprint density at radius 1 is 1.43 bits per heavy atom. The molecular weight excluding hydrogens is 314 g/mol. The molecule has 0 aliphatic heterocycles. The van der Waals surface area contributed by atoms with E-state index in [1.165, 1.54) is 0 Å². The Balaban J connectivity index is 2.36. The van der Waals surface area contributed by atoms with Crippen molar-refractivity contribution in [3.8, 4) is 11.4 Å². The number of benzene rings is 1. The van der Waals surface area contributed by atoms with Crippen molar-refractivity contribution in [2.45, 2.75) is 11.7 Å². The molecule has 1 aromatic heterocycles. The molecule has 0 spiro atoms. The van der Waals surface area contributed by atoms with E-state index in [1.807, 2.05) is 22.8 Å². The standard InChI is InChI=1S/C13H14ClN3O3S/c1-20-7-6-17-12(9-4-2-3-5-10(9)14)15-16-13(17)21-8-11(18)19/h2-5H,6-8H2,1H3,(H,18,19). The molecule has 8 heteroatoms. The van der Waals surface area contributed by atoms with Crippen LogP contribution in [0.2, 0.25) is 5.02 Å². The van der Waals surface area contributed by atoms with Crippen LogP contribution in [0.1, 0.15) is 0 Å². The Hall–Kier alpha value is -1.57. The lowest BCUT2D eigenvalue weighted by Gasteiger charge is -2.10. The van der Waals surface area contributed by atoms with Gasteiger partial charge in [-0.3, -0.25) is 9.36 Å². The number of thioether (sulfide) groups is 1. The van der Waals surface area contributed by atoms with Gasteiger partial charge in [0.2, 0.25) is 0 Å². The summed E-state index contributed by atoms with van der Waals surface area (Å²) >= 11 is 7.31. The highest BCUT2D eigenvalue weighted by atomic mass is 35.5. The Morgan fingerprint density at radius 3 is 2.86 bits per heavy atom. The molecular formula is C13H14ClN3O3S. The Labute approximate surface area is 131 Å². The van der Waals surface area contributed by atoms with Gasteiger partial charge in [0.15, 0.2) is 11.0 Å². The van der Waals surface area contributed by atoms with E-state index in [4.69, 9.17) is 21.4 Å². The van der Waals surface area contributed by atoms with Crippen LogP contribution >= 0.6 is 23.4 Å². The third-order valence-electron chi connectivity index (χ3n) is 2.68. The summed E-state index contributed by atoms with van der Waals surface area (Å²) in [4.78, 5) is 10.7. The van der Waals surface area contributed by atoms with E-state index >= 15 is 0 Å². The molecule has 1 heterocycles. The van der Waals surface area contributed by atoms with E-state index in [-0.39, 0.29) is 5.75 Å². The molecule has 0 atom stereocenters. The van der Waals surface area contributed by atoms with Crippen LogP contribution in [0.3, 0.4) is 0 Å². The second kappa shape index (κ2) is 7.44. The quantitative estimate of drug-likeness (QED) is 0.787. The summed E-state index contributed by atoms with van der Waals surface area (Å²) in [6.45, 7) is 0.988. The fourth-order valence-corrected chi connectivity index (χ4v) is 2.65. The van der Waals surface area contributed by atoms with Crippen molar-refractivity contribution in [2.24, 2.45) is 0 Å². The highest BCUT2D eigenvalue weighted by Gasteiger charge is 2.16. The Bertz CT molecular complexity index is 633. The first-order valence-electron chi connectivity index (χ1n) is 6.15. The lowest BCUT2D eigenvalue weighted by molar-refractivity contribution is -0.133. The molecule has 112 valence electrons. The number of ether oxygens (including phenoxy) is 1. The van der Waals surface area contributed by atoms with E-state index in [0.717, 1.165) is 17.3 Å². The van der Waals surface area contributed by atoms with Crippen molar-refractivity contribution in [1.82, 2.24) is 14.8 Å². The maximum atomic E-state index is 10.7. The van der Waals surface area contributed by atoms with Crippen LogP contribution in [0.5, 0.6) is 0 Å². The van der Waals surface area contributed by atoms with Crippen molar-refractivity contribution in [2.75, 3.05) is 19.5 Å². The van der Waals surface area contributed by atoms with Gasteiger partial charge in [0.1, 0.15) is 0 Å². The summed E-state index contributed by atoms with van der Waals surface area (Å²) in [6.07, 6.45) is 0. The van der Waals surface area contributed by atoms with Crippen LogP contribution < -0.4 is 0 Å². The molecule has 0 amide bonds. The number of aliphatic carboxylic acids is 1. The summed E-state index contributed by atoms with van der Waals surface area (Å²) < 4.78 is 6.90. The summed E-state index contributed by atoms with van der Waals surface area (Å²) in [6, 6.07) is 7.32. The molecule has 0 saturated carbocycles. The molecule has 0 fully saturated rings. The zero-order chi connectivity index (χ0) is 15.2. The molecule has 21 heavy (non-hydrogen) atoms. The van der Waals surface area contributed by atoms with E-state index in [2.05, 4.69) is 10.2 Å². The highest BCUT2D eigenvalue weighted by Crippen LogP contribution is 2.29. The van der Waals surface area contributed by atoms with Crippen LogP contribution in [-0.2, 0) is 16.1 Å². The first kappa shape index (κ1) is 15.8. The van der Waals surface area contributed by atoms with Gasteiger partial charge in [-0.05, 0) is 12.1 Å². The number of methoxy groups -OCH3 is 1. The summed E-state index contributed by atoms with van der Waals surface area (Å²) in [5.74, 6) is -0.376. The molecule has 6 nitrogen and oxygen atoms in total. The number of carboxylic acid groups (broad SMARTS) is 1. The smallest absolute Gasteiger partial charge is 0.313 e. The zero-order valence-corrected chi connectivity index (χ0v) is 12.9. The number of aromatic nitrogens is 3. The minimum absolute atomic E-state index is 0.0758. The van der Waals surface area contributed by atoms with Gasteiger partial charge in [-0.2, -0.15) is 0 Å². The first-order valence-corrected chi connectivity index (χ1v) is 7.51. The van der Waals surface area contributed by atoms with Gasteiger partial charge in [0.25, 0.3) is 0 Å². The molecule has 1 aromatic carbocycles. The zero-order valence-electron chi connectivity index (χ0n) is 11.3. The Kier molecular flexibility index (Phi) is 5.60. The molecule has 0 aliphatic carbocycles. The van der Waals surface area contributed by atoms with Gasteiger partial charge >= 0.3 is 5.97 Å². The molecule has 2 aromatic rings. The number of nitrogens with zero attached hydrogens (tertiary/aromatic N) is 3. The van der Waals surface area contributed by atoms with Crippen LogP contribution in [0.25, 0.3) is 11.4 Å². The fourth-order valence-electron chi connectivity index (χ4n) is 1.75. The Morgan fingerprint density at radius 2 is 2.19 bits per heavy atom. The molecule has 0 unspecified atom stereocenters. The molecule has 0 aliphatic rings. The predicted octanol–water partition coefficient (Wildman–Crippen LogP) is 2.42. The maximum absolute atomic E-state index is 10.7. The predicted molar refractivity (Wildman–Crippen MR) is 80.7 cm³/mol. The van der Waals surface area contributed by atoms with Crippen molar-refractivity contribution >= 4 is 29.3 Å².